The van der Waals surface area contributed by atoms with Crippen LogP contribution in [-0.2, 0) is 10.8 Å². The fraction of sp³-hybridized carbons (Fsp3) is 0.250. The van der Waals surface area contributed by atoms with Crippen molar-refractivity contribution in [1.82, 2.24) is 0 Å². The van der Waals surface area contributed by atoms with E-state index in [2.05, 4.69) is 59.5 Å². The van der Waals surface area contributed by atoms with Crippen LogP contribution >= 0.6 is 22.7 Å². The van der Waals surface area contributed by atoms with Crippen LogP contribution in [0.3, 0.4) is 0 Å². The van der Waals surface area contributed by atoms with Crippen molar-refractivity contribution in [3.8, 4) is 18.2 Å². The summed E-state index contributed by atoms with van der Waals surface area (Å²) < 4.78 is 0. The van der Waals surface area contributed by atoms with E-state index in [0.29, 0.717) is 44.5 Å². The van der Waals surface area contributed by atoms with Gasteiger partial charge < -0.3 is 0 Å². The second-order valence-electron chi connectivity index (χ2n) is 18.3. The number of carbonyl (C=O) groups is 2. The molecule has 2 heterocycles. The van der Waals surface area contributed by atoms with Crippen molar-refractivity contribution in [2.45, 2.75) is 75.0 Å². The fourth-order valence-corrected chi connectivity index (χ4v) is 15.1. The number of rotatable bonds is 2. The lowest BCUT2D eigenvalue weighted by Crippen LogP contribution is -2.31. The first-order valence-electron chi connectivity index (χ1n) is 22.3. The lowest BCUT2D eigenvalue weighted by Gasteiger charge is -2.40. The van der Waals surface area contributed by atoms with E-state index >= 15 is 0 Å². The molecule has 0 amide bonds. The summed E-state index contributed by atoms with van der Waals surface area (Å²) in [6.07, 6.45) is 25.5. The molecule has 2 aromatic heterocycles. The molecule has 306 valence electrons. The molecule has 2 fully saturated rings. The Labute approximate surface area is 380 Å². The first kappa shape index (κ1) is 38.7. The number of thiophene rings is 2. The van der Waals surface area contributed by atoms with Crippen LogP contribution in [0.1, 0.15) is 127 Å². The largest absolute Gasteiger partial charge is 0.289 e. The summed E-state index contributed by atoms with van der Waals surface area (Å²) in [6.45, 7) is 7.78. The molecular weight excluding hydrogens is 825 g/mol. The number of carbonyl (C=O) groups excluding carboxylic acids is 2. The zero-order chi connectivity index (χ0) is 43.5. The maximum atomic E-state index is 13.9. The van der Waals surface area contributed by atoms with Gasteiger partial charge in [0.15, 0.2) is 11.6 Å². The van der Waals surface area contributed by atoms with Crippen molar-refractivity contribution in [1.29, 1.82) is 15.8 Å². The van der Waals surface area contributed by atoms with Gasteiger partial charge in [-0.05, 0) is 94.5 Å². The van der Waals surface area contributed by atoms with Crippen LogP contribution in [-0.4, -0.2) is 11.6 Å². The molecule has 2 aromatic carbocycles. The Bertz CT molecular complexity index is 3070. The van der Waals surface area contributed by atoms with Crippen molar-refractivity contribution < 1.29 is 9.59 Å². The molecule has 2 atom stereocenters. The Morgan fingerprint density at radius 2 is 1.05 bits per heavy atom. The Kier molecular flexibility index (Phi) is 8.64. The Hall–Kier alpha value is -6.94. The summed E-state index contributed by atoms with van der Waals surface area (Å²) in [6, 6.07) is 25.4. The third-order valence-electron chi connectivity index (χ3n) is 15.3. The average molecular weight is 863 g/mol. The van der Waals surface area contributed by atoms with Crippen LogP contribution in [0.5, 0.6) is 0 Å². The summed E-state index contributed by atoms with van der Waals surface area (Å²) in [4.78, 5) is 35.9. The zero-order valence-electron chi connectivity index (χ0n) is 34.9. The van der Waals surface area contributed by atoms with Crippen LogP contribution in [0.15, 0.2) is 119 Å². The number of benzene rings is 2. The first-order valence-corrected chi connectivity index (χ1v) is 23.9. The van der Waals surface area contributed by atoms with E-state index in [9.17, 15) is 25.4 Å². The fourth-order valence-electron chi connectivity index (χ4n) is 12.6. The topological polar surface area (TPSA) is 110 Å². The van der Waals surface area contributed by atoms with Crippen molar-refractivity contribution >= 4 is 68.7 Å². The van der Waals surface area contributed by atoms with Crippen LogP contribution < -0.4 is 0 Å². The highest BCUT2D eigenvalue weighted by molar-refractivity contribution is 7.14. The lowest BCUT2D eigenvalue weighted by molar-refractivity contribution is 0.103. The number of allylic oxidation sites excluding steroid dienone is 14. The van der Waals surface area contributed by atoms with Gasteiger partial charge >= 0.3 is 0 Å². The molecule has 2 spiro atoms. The van der Waals surface area contributed by atoms with Crippen molar-refractivity contribution in [3.63, 3.8) is 0 Å². The highest BCUT2D eigenvalue weighted by Crippen LogP contribution is 2.65. The Morgan fingerprint density at radius 1 is 0.609 bits per heavy atom. The van der Waals surface area contributed by atoms with Gasteiger partial charge in [-0.3, -0.25) is 9.59 Å². The van der Waals surface area contributed by atoms with Gasteiger partial charge in [0, 0.05) is 75.6 Å². The quantitative estimate of drug-likeness (QED) is 0.113. The number of ketones is 2. The highest BCUT2D eigenvalue weighted by atomic mass is 32.1. The summed E-state index contributed by atoms with van der Waals surface area (Å²) in [5, 5.41) is 29.9. The number of hydrogen-bond donors (Lipinski definition) is 0. The maximum absolute atomic E-state index is 13.9. The molecule has 8 aliphatic carbocycles. The average Bonchev–Trinajstić information content (AvgIpc) is 4.16. The minimum absolute atomic E-state index is 0.0429. The van der Waals surface area contributed by atoms with Gasteiger partial charge in [0.25, 0.3) is 5.70 Å². The first-order chi connectivity index (χ1) is 31.3. The molecular formula is C56H38N4O2S2. The summed E-state index contributed by atoms with van der Waals surface area (Å²) in [7, 11) is 0. The predicted octanol–water partition coefficient (Wildman–Crippen LogP) is 13.3. The van der Waals surface area contributed by atoms with E-state index in [1.807, 2.05) is 48.6 Å². The minimum Gasteiger partial charge on any atom is -0.289 e. The highest BCUT2D eigenvalue weighted by Gasteiger charge is 2.52. The SMILES string of the molecule is [C-]#[N+]C(C#N)=C1/C(=C/c2cc3c(s2)C2=CC4C=C5C(=CC4C=C2C32CCCCC2)c2sc(/C=C3\C(=O)c4ccccc4C3=C(C#N)C#N)cc2C52CCCCC2)C(=O)c2ccccc21. The summed E-state index contributed by atoms with van der Waals surface area (Å²) in [5.41, 5.74) is 12.0. The van der Waals surface area contributed by atoms with Crippen LogP contribution in [0, 0.1) is 52.4 Å². The molecule has 0 N–H and O–H groups in total. The Morgan fingerprint density at radius 3 is 1.48 bits per heavy atom. The molecule has 2 saturated carbocycles. The van der Waals surface area contributed by atoms with Gasteiger partial charge in [-0.1, -0.05) is 111 Å². The number of hydrogen-bond acceptors (Lipinski definition) is 7. The zero-order valence-corrected chi connectivity index (χ0v) is 36.5. The summed E-state index contributed by atoms with van der Waals surface area (Å²) >= 11 is 3.47. The molecule has 0 bridgehead atoms. The molecule has 64 heavy (non-hydrogen) atoms. The van der Waals surface area contributed by atoms with E-state index < -0.39 is 0 Å². The van der Waals surface area contributed by atoms with Gasteiger partial charge in [0.05, 0.1) is 12.6 Å². The van der Waals surface area contributed by atoms with E-state index in [4.69, 9.17) is 6.57 Å². The standard InChI is InChI=1S/C56H38N4O2S2/c1-60-48(30-59)50-37-13-5-7-15-39(37)52(62)43(50)25-35-27-47-54(64-35)41-21-32-22-44-40(20-31(32)23-45(41)56(47)18-10-3-11-19-56)53-46(55(44)16-8-2-9-17-55)26-34(63-53)24-42-49(33(28-57)29-58)36-12-4-6-14-38(36)51(42)61/h4-7,12-15,20-27,31-32H,2-3,8-11,16-19H2/b42-24-,43-25-,50-48?. The minimum atomic E-state index is -0.149. The third-order valence-corrected chi connectivity index (χ3v) is 17.6. The van der Waals surface area contributed by atoms with Gasteiger partial charge in [0.1, 0.15) is 17.7 Å². The van der Waals surface area contributed by atoms with E-state index in [1.54, 1.807) is 34.8 Å². The smallest absolute Gasteiger partial charge is 0.270 e. The van der Waals surface area contributed by atoms with E-state index in [0.717, 1.165) is 61.1 Å². The molecule has 0 saturated heterocycles. The van der Waals surface area contributed by atoms with Crippen molar-refractivity contribution in [2.24, 2.45) is 11.8 Å². The maximum Gasteiger partial charge on any atom is 0.270 e. The second-order valence-corrected chi connectivity index (χ2v) is 20.5. The molecule has 4 aromatic rings. The molecule has 6 nitrogen and oxygen atoms in total. The van der Waals surface area contributed by atoms with Gasteiger partial charge in [-0.15, -0.1) is 22.7 Å². The molecule has 8 aliphatic rings. The second kappa shape index (κ2) is 14.3. The normalized spacial score (nSPS) is 24.5. The molecule has 0 aliphatic heterocycles. The van der Waals surface area contributed by atoms with Crippen LogP contribution in [0.25, 0.3) is 39.3 Å². The number of Topliss-reactive ketones (excluding diaryl/α,β-unsaturated/α-hetero) is 2. The number of fused-ring (bicyclic) bond motifs is 13. The molecule has 8 heteroatoms. The third kappa shape index (κ3) is 5.25. The van der Waals surface area contributed by atoms with Crippen molar-refractivity contribution in [3.05, 3.63) is 183 Å². The molecule has 2 unspecified atom stereocenters. The van der Waals surface area contributed by atoms with Crippen LogP contribution in [0.2, 0.25) is 0 Å². The van der Waals surface area contributed by atoms with Gasteiger partial charge in [-0.25, -0.2) is 10.1 Å². The van der Waals surface area contributed by atoms with E-state index in [1.165, 1.54) is 56.0 Å². The van der Waals surface area contributed by atoms with E-state index in [-0.39, 0.29) is 45.5 Å². The lowest BCUT2D eigenvalue weighted by atomic mass is 9.63. The molecule has 12 rings (SSSR count). The predicted molar refractivity (Wildman–Crippen MR) is 252 cm³/mol. The number of nitriles is 3. The monoisotopic (exact) mass is 862 g/mol. The Balaban J connectivity index is 0.962. The summed E-state index contributed by atoms with van der Waals surface area (Å²) in [5.74, 6) is 0.0926. The number of nitrogens with zero attached hydrogens (tertiary/aromatic N) is 4. The van der Waals surface area contributed by atoms with Gasteiger partial charge in [0.2, 0.25) is 0 Å². The van der Waals surface area contributed by atoms with Crippen LogP contribution in [0.4, 0.5) is 0 Å². The van der Waals surface area contributed by atoms with Gasteiger partial charge in [-0.2, -0.15) is 10.5 Å². The van der Waals surface area contributed by atoms with Crippen molar-refractivity contribution in [2.75, 3.05) is 0 Å². The molecule has 0 radical (unpaired) electrons.